The van der Waals surface area contributed by atoms with Crippen molar-refractivity contribution in [1.82, 2.24) is 5.32 Å². The fourth-order valence-electron chi connectivity index (χ4n) is 1.92. The number of ether oxygens (including phenoxy) is 3. The van der Waals surface area contributed by atoms with E-state index in [0.29, 0.717) is 25.7 Å². The Balaban J connectivity index is 4.27. The van der Waals surface area contributed by atoms with Crippen LogP contribution in [0.4, 0.5) is 0 Å². The quantitative estimate of drug-likeness (QED) is 0.434. The Morgan fingerprint density at radius 1 is 1.00 bits per heavy atom. The summed E-state index contributed by atoms with van der Waals surface area (Å²) in [5.41, 5.74) is -0.710. The molecule has 0 aliphatic heterocycles. The molecule has 0 aliphatic carbocycles. The molecule has 0 heterocycles. The van der Waals surface area contributed by atoms with Gasteiger partial charge in [-0.05, 0) is 39.8 Å². The van der Waals surface area contributed by atoms with E-state index in [1.807, 2.05) is 20.8 Å². The van der Waals surface area contributed by atoms with Crippen molar-refractivity contribution in [2.75, 3.05) is 32.9 Å². The van der Waals surface area contributed by atoms with Crippen LogP contribution in [0.15, 0.2) is 0 Å². The number of rotatable bonds is 12. The van der Waals surface area contributed by atoms with E-state index in [1.165, 1.54) is 0 Å². The average molecular weight is 277 g/mol. The molecule has 18 heavy (non-hydrogen) atoms. The molecule has 110 valence electrons. The van der Waals surface area contributed by atoms with Gasteiger partial charge in [0.05, 0.1) is 0 Å². The second-order valence-corrected chi connectivity index (χ2v) is 6.38. The highest BCUT2D eigenvalue weighted by Gasteiger charge is 2.32. The van der Waals surface area contributed by atoms with Crippen LogP contribution in [0.3, 0.4) is 0 Å². The van der Waals surface area contributed by atoms with E-state index in [9.17, 15) is 0 Å². The summed E-state index contributed by atoms with van der Waals surface area (Å²) in [5.74, 6) is 0.650. The maximum Gasteiger partial charge on any atom is 0.249 e. The Morgan fingerprint density at radius 2 is 1.50 bits per heavy atom. The third kappa shape index (κ3) is 7.48. The molecule has 0 aliphatic rings. The van der Waals surface area contributed by atoms with Crippen molar-refractivity contribution in [1.29, 1.82) is 0 Å². The highest BCUT2D eigenvalue weighted by atomic mass is 28.2. The predicted octanol–water partition coefficient (Wildman–Crippen LogP) is 1.54. The molecule has 0 aromatic heterocycles. The smallest absolute Gasteiger partial charge is 0.249 e. The van der Waals surface area contributed by atoms with E-state index in [1.54, 1.807) is 0 Å². The molecule has 0 rings (SSSR count). The minimum absolute atomic E-state index is 0.597. The molecule has 0 aromatic rings. The number of hydrogen-bond donors (Lipinski definition) is 1. The van der Waals surface area contributed by atoms with Crippen molar-refractivity contribution in [3.05, 3.63) is 0 Å². The largest absolute Gasteiger partial charge is 0.332 e. The Kier molecular flexibility index (Phi) is 11.0. The fourth-order valence-corrected chi connectivity index (χ4v) is 4.01. The zero-order valence-electron chi connectivity index (χ0n) is 12.8. The van der Waals surface area contributed by atoms with Crippen LogP contribution in [0.5, 0.6) is 0 Å². The van der Waals surface area contributed by atoms with Crippen LogP contribution in [-0.2, 0) is 14.2 Å². The molecule has 0 saturated carbocycles. The molecule has 1 N–H and O–H groups in total. The van der Waals surface area contributed by atoms with Crippen molar-refractivity contribution >= 4 is 9.52 Å². The lowest BCUT2D eigenvalue weighted by Crippen LogP contribution is -2.46. The number of hydrogen-bond acceptors (Lipinski definition) is 4. The van der Waals surface area contributed by atoms with Crippen LogP contribution in [0, 0.1) is 5.92 Å². The molecular formula is C13H31NO3Si. The van der Waals surface area contributed by atoms with Gasteiger partial charge in [-0.1, -0.05) is 19.9 Å². The Bertz CT molecular complexity index is 176. The molecule has 0 aromatic carbocycles. The van der Waals surface area contributed by atoms with Gasteiger partial charge in [0.25, 0.3) is 0 Å². The van der Waals surface area contributed by atoms with Gasteiger partial charge < -0.3 is 19.5 Å². The van der Waals surface area contributed by atoms with E-state index >= 15 is 0 Å². The SMILES string of the molecule is CCNCC(C)C[SiH2]C(OCC)(OCC)OCC. The highest BCUT2D eigenvalue weighted by Crippen LogP contribution is 2.18. The minimum atomic E-state index is -0.710. The Labute approximate surface area is 115 Å². The van der Waals surface area contributed by atoms with Crippen LogP contribution in [0.1, 0.15) is 34.6 Å². The summed E-state index contributed by atoms with van der Waals surface area (Å²) >= 11 is 0. The summed E-state index contributed by atoms with van der Waals surface area (Å²) in [6.07, 6.45) is 0. The van der Waals surface area contributed by atoms with Crippen molar-refractivity contribution in [3.63, 3.8) is 0 Å². The molecule has 0 saturated heterocycles. The maximum absolute atomic E-state index is 5.76. The lowest BCUT2D eigenvalue weighted by Gasteiger charge is -2.33. The summed E-state index contributed by atoms with van der Waals surface area (Å²) in [5, 5.41) is 3.38. The van der Waals surface area contributed by atoms with E-state index in [2.05, 4.69) is 19.2 Å². The third-order valence-corrected chi connectivity index (χ3v) is 5.28. The van der Waals surface area contributed by atoms with Crippen molar-refractivity contribution in [3.8, 4) is 0 Å². The molecular weight excluding hydrogens is 246 g/mol. The van der Waals surface area contributed by atoms with Crippen molar-refractivity contribution < 1.29 is 14.2 Å². The Hall–Kier alpha value is 0.0569. The van der Waals surface area contributed by atoms with Gasteiger partial charge in [-0.15, -0.1) is 0 Å². The van der Waals surface area contributed by atoms with Crippen molar-refractivity contribution in [2.24, 2.45) is 5.92 Å². The molecule has 0 bridgehead atoms. The summed E-state index contributed by atoms with van der Waals surface area (Å²) in [7, 11) is -0.597. The molecule has 0 amide bonds. The van der Waals surface area contributed by atoms with Crippen LogP contribution in [-0.4, -0.2) is 48.0 Å². The maximum atomic E-state index is 5.76. The first-order valence-corrected chi connectivity index (χ1v) is 8.97. The fraction of sp³-hybridized carbons (Fsp3) is 1.00. The van der Waals surface area contributed by atoms with Crippen LogP contribution in [0.25, 0.3) is 0 Å². The van der Waals surface area contributed by atoms with Gasteiger partial charge in [-0.2, -0.15) is 0 Å². The third-order valence-electron chi connectivity index (χ3n) is 2.78. The van der Waals surface area contributed by atoms with Gasteiger partial charge in [0, 0.05) is 19.8 Å². The Morgan fingerprint density at radius 3 is 1.89 bits per heavy atom. The second kappa shape index (κ2) is 10.9. The van der Waals surface area contributed by atoms with Gasteiger partial charge in [0.1, 0.15) is 9.52 Å². The molecule has 1 atom stereocenters. The lowest BCUT2D eigenvalue weighted by molar-refractivity contribution is -0.323. The molecule has 4 nitrogen and oxygen atoms in total. The number of nitrogens with one attached hydrogen (secondary N) is 1. The normalized spacial score (nSPS) is 14.5. The first-order chi connectivity index (χ1) is 8.64. The van der Waals surface area contributed by atoms with Gasteiger partial charge >= 0.3 is 0 Å². The zero-order valence-corrected chi connectivity index (χ0v) is 14.2. The van der Waals surface area contributed by atoms with Gasteiger partial charge in [0.2, 0.25) is 5.60 Å². The average Bonchev–Trinajstić information content (AvgIpc) is 2.35. The van der Waals surface area contributed by atoms with Crippen LogP contribution in [0.2, 0.25) is 6.04 Å². The van der Waals surface area contributed by atoms with Gasteiger partial charge in [-0.3, -0.25) is 0 Å². The zero-order chi connectivity index (χ0) is 13.9. The highest BCUT2D eigenvalue weighted by molar-refractivity contribution is 6.38. The van der Waals surface area contributed by atoms with E-state index in [4.69, 9.17) is 14.2 Å². The molecule has 5 heteroatoms. The van der Waals surface area contributed by atoms with Gasteiger partial charge in [-0.25, -0.2) is 0 Å². The van der Waals surface area contributed by atoms with E-state index in [0.717, 1.165) is 19.1 Å². The minimum Gasteiger partial charge on any atom is -0.332 e. The lowest BCUT2D eigenvalue weighted by atomic mass is 10.2. The summed E-state index contributed by atoms with van der Waals surface area (Å²) < 4.78 is 17.3. The first-order valence-electron chi connectivity index (χ1n) is 7.26. The monoisotopic (exact) mass is 277 g/mol. The van der Waals surface area contributed by atoms with E-state index < -0.39 is 15.1 Å². The summed E-state index contributed by atoms with van der Waals surface area (Å²) in [6, 6.07) is 1.16. The topological polar surface area (TPSA) is 39.7 Å². The predicted molar refractivity (Wildman–Crippen MR) is 78.7 cm³/mol. The molecule has 0 spiro atoms. The van der Waals surface area contributed by atoms with Crippen LogP contribution < -0.4 is 5.32 Å². The summed E-state index contributed by atoms with van der Waals surface area (Å²) in [6.45, 7) is 14.4. The van der Waals surface area contributed by atoms with E-state index in [-0.39, 0.29) is 0 Å². The second-order valence-electron chi connectivity index (χ2n) is 4.43. The standard InChI is InChI=1S/C13H31NO3Si/c1-6-14-10-12(5)11-18-13(15-7-2,16-8-3)17-9-4/h12,14H,6-11,18H2,1-5H3. The molecule has 0 fully saturated rings. The summed E-state index contributed by atoms with van der Waals surface area (Å²) in [4.78, 5) is 0. The molecule has 1 unspecified atom stereocenters. The van der Waals surface area contributed by atoms with Crippen LogP contribution >= 0.6 is 0 Å². The van der Waals surface area contributed by atoms with Gasteiger partial charge in [0.15, 0.2) is 0 Å². The van der Waals surface area contributed by atoms with Crippen molar-refractivity contribution in [2.45, 2.75) is 46.3 Å². The first kappa shape index (κ1) is 18.1. The molecule has 0 radical (unpaired) electrons.